The third-order valence-electron chi connectivity index (χ3n) is 3.49. The van der Waals surface area contributed by atoms with Crippen LogP contribution in [0.4, 0.5) is 0 Å². The molecule has 0 aromatic carbocycles. The number of allylic oxidation sites excluding steroid dienone is 1. The van der Waals surface area contributed by atoms with Crippen LogP contribution in [-0.2, 0) is 9.53 Å². The van der Waals surface area contributed by atoms with Gasteiger partial charge in [-0.15, -0.1) is 0 Å². The molecule has 0 bridgehead atoms. The Morgan fingerprint density at radius 1 is 1.59 bits per heavy atom. The van der Waals surface area contributed by atoms with Crippen LogP contribution in [0.3, 0.4) is 0 Å². The monoisotopic (exact) mass is 256 g/mol. The van der Waals surface area contributed by atoms with E-state index < -0.39 is 0 Å². The number of carbonyl (C=O) groups is 1. The van der Waals surface area contributed by atoms with Crippen molar-refractivity contribution in [2.24, 2.45) is 11.8 Å². The summed E-state index contributed by atoms with van der Waals surface area (Å²) in [4.78, 5) is 11.0. The van der Waals surface area contributed by atoms with Gasteiger partial charge in [-0.25, -0.2) is 0 Å². The molecule has 0 saturated carbocycles. The molecule has 2 nitrogen and oxygen atoms in total. The zero-order valence-electron chi connectivity index (χ0n) is 11.4. The van der Waals surface area contributed by atoms with Crippen molar-refractivity contribution in [2.75, 3.05) is 12.9 Å². The number of thioether (sulfide) groups is 1. The molecule has 0 heterocycles. The zero-order chi connectivity index (χ0) is 12.9. The highest BCUT2D eigenvalue weighted by molar-refractivity contribution is 8.00. The lowest BCUT2D eigenvalue weighted by Gasteiger charge is -2.33. The molecule has 0 fully saturated rings. The fourth-order valence-corrected chi connectivity index (χ4v) is 3.28. The van der Waals surface area contributed by atoms with Gasteiger partial charge in [0.05, 0.1) is 13.5 Å². The molecule has 2 unspecified atom stereocenters. The highest BCUT2D eigenvalue weighted by Crippen LogP contribution is 2.39. The van der Waals surface area contributed by atoms with Gasteiger partial charge in [0.1, 0.15) is 0 Å². The minimum absolute atomic E-state index is 0.110. The van der Waals surface area contributed by atoms with Gasteiger partial charge in [0.2, 0.25) is 0 Å². The van der Waals surface area contributed by atoms with Crippen LogP contribution in [0.1, 0.15) is 40.0 Å². The Bertz CT molecular complexity index is 286. The molecular formula is C14H24O2S. The highest BCUT2D eigenvalue weighted by atomic mass is 32.2. The van der Waals surface area contributed by atoms with E-state index in [0.29, 0.717) is 6.42 Å². The predicted molar refractivity (Wildman–Crippen MR) is 74.2 cm³/mol. The topological polar surface area (TPSA) is 26.3 Å². The lowest BCUT2D eigenvalue weighted by Crippen LogP contribution is -2.25. The number of rotatable bonds is 5. The fraction of sp³-hybridized carbons (Fsp3) is 0.786. The number of esters is 1. The van der Waals surface area contributed by atoms with E-state index in [1.165, 1.54) is 20.0 Å². The molecule has 3 heteroatoms. The van der Waals surface area contributed by atoms with Crippen molar-refractivity contribution in [2.45, 2.75) is 44.8 Å². The standard InChI is InChI=1S/C14H24O2S/c1-11(2)12-5-8-14(3,9-6-12)17-10-7-13(15)16-4/h5,8,11-12H,6-7,9-10H2,1-4H3. The molecule has 0 spiro atoms. The summed E-state index contributed by atoms with van der Waals surface area (Å²) in [6.45, 7) is 6.83. The second-order valence-electron chi connectivity index (χ2n) is 5.29. The first-order valence-corrected chi connectivity index (χ1v) is 7.35. The summed E-state index contributed by atoms with van der Waals surface area (Å²) in [7, 11) is 1.45. The molecular weight excluding hydrogens is 232 g/mol. The van der Waals surface area contributed by atoms with Gasteiger partial charge < -0.3 is 4.74 Å². The number of methoxy groups -OCH3 is 1. The molecule has 0 radical (unpaired) electrons. The van der Waals surface area contributed by atoms with E-state index in [4.69, 9.17) is 0 Å². The average molecular weight is 256 g/mol. The molecule has 0 aromatic rings. The van der Waals surface area contributed by atoms with E-state index in [-0.39, 0.29) is 10.7 Å². The minimum Gasteiger partial charge on any atom is -0.469 e. The van der Waals surface area contributed by atoms with E-state index >= 15 is 0 Å². The van der Waals surface area contributed by atoms with Crippen LogP contribution in [0, 0.1) is 11.8 Å². The summed E-state index contributed by atoms with van der Waals surface area (Å²) >= 11 is 1.87. The fourth-order valence-electron chi connectivity index (χ4n) is 2.11. The van der Waals surface area contributed by atoms with Crippen LogP contribution in [-0.4, -0.2) is 23.6 Å². The first-order chi connectivity index (χ1) is 7.97. The van der Waals surface area contributed by atoms with Crippen molar-refractivity contribution >= 4 is 17.7 Å². The van der Waals surface area contributed by atoms with Crippen LogP contribution >= 0.6 is 11.8 Å². The van der Waals surface area contributed by atoms with Gasteiger partial charge >= 0.3 is 5.97 Å². The van der Waals surface area contributed by atoms with Crippen molar-refractivity contribution in [1.29, 1.82) is 0 Å². The maximum absolute atomic E-state index is 11.0. The Labute approximate surface area is 109 Å². The van der Waals surface area contributed by atoms with E-state index in [2.05, 4.69) is 37.7 Å². The van der Waals surface area contributed by atoms with Gasteiger partial charge in [0.25, 0.3) is 0 Å². The molecule has 98 valence electrons. The smallest absolute Gasteiger partial charge is 0.306 e. The molecule has 0 aliphatic heterocycles. The van der Waals surface area contributed by atoms with Gasteiger partial charge in [0, 0.05) is 10.5 Å². The molecule has 0 saturated heterocycles. The molecule has 0 N–H and O–H groups in total. The second kappa shape index (κ2) is 6.48. The number of hydrogen-bond acceptors (Lipinski definition) is 3. The largest absolute Gasteiger partial charge is 0.469 e. The Morgan fingerprint density at radius 2 is 2.29 bits per heavy atom. The van der Waals surface area contributed by atoms with Gasteiger partial charge in [-0.2, -0.15) is 11.8 Å². The summed E-state index contributed by atoms with van der Waals surface area (Å²) in [5.74, 6) is 2.20. The van der Waals surface area contributed by atoms with Crippen LogP contribution in [0.5, 0.6) is 0 Å². The lowest BCUT2D eigenvalue weighted by atomic mass is 9.83. The summed E-state index contributed by atoms with van der Waals surface area (Å²) in [6, 6.07) is 0. The molecule has 1 aliphatic rings. The quantitative estimate of drug-likeness (QED) is 0.554. The van der Waals surface area contributed by atoms with Crippen LogP contribution in [0.25, 0.3) is 0 Å². The van der Waals surface area contributed by atoms with Crippen LogP contribution in [0.2, 0.25) is 0 Å². The Kier molecular flexibility index (Phi) is 5.57. The van der Waals surface area contributed by atoms with E-state index in [1.54, 1.807) is 0 Å². The van der Waals surface area contributed by atoms with Gasteiger partial charge in [-0.1, -0.05) is 26.0 Å². The van der Waals surface area contributed by atoms with Crippen molar-refractivity contribution in [3.63, 3.8) is 0 Å². The van der Waals surface area contributed by atoms with Crippen LogP contribution < -0.4 is 0 Å². The van der Waals surface area contributed by atoms with Gasteiger partial charge in [-0.05, 0) is 31.6 Å². The minimum atomic E-state index is -0.110. The molecule has 1 rings (SSSR count). The normalized spacial score (nSPS) is 28.4. The number of ether oxygens (including phenoxy) is 1. The first-order valence-electron chi connectivity index (χ1n) is 6.37. The average Bonchev–Trinajstić information content (AvgIpc) is 2.29. The van der Waals surface area contributed by atoms with Gasteiger partial charge in [0.15, 0.2) is 0 Å². The van der Waals surface area contributed by atoms with E-state index in [1.807, 2.05) is 11.8 Å². The van der Waals surface area contributed by atoms with Crippen molar-refractivity contribution < 1.29 is 9.53 Å². The highest BCUT2D eigenvalue weighted by Gasteiger charge is 2.27. The Hall–Kier alpha value is -0.440. The maximum atomic E-state index is 11.0. The summed E-state index contributed by atoms with van der Waals surface area (Å²) in [5.41, 5.74) is 0. The SMILES string of the molecule is COC(=O)CCSC1(C)C=CC(C(C)C)CC1. The summed E-state index contributed by atoms with van der Waals surface area (Å²) in [6.07, 6.45) is 7.68. The first kappa shape index (κ1) is 14.6. The van der Waals surface area contributed by atoms with Gasteiger partial charge in [-0.3, -0.25) is 4.79 Å². The van der Waals surface area contributed by atoms with Crippen molar-refractivity contribution in [1.82, 2.24) is 0 Å². The third kappa shape index (κ3) is 4.74. The Morgan fingerprint density at radius 3 is 2.76 bits per heavy atom. The second-order valence-corrected chi connectivity index (χ2v) is 6.92. The zero-order valence-corrected chi connectivity index (χ0v) is 12.2. The summed E-state index contributed by atoms with van der Waals surface area (Å²) < 4.78 is 4.86. The van der Waals surface area contributed by atoms with Crippen LogP contribution in [0.15, 0.2) is 12.2 Å². The molecule has 2 atom stereocenters. The number of hydrogen-bond donors (Lipinski definition) is 0. The molecule has 0 aromatic heterocycles. The third-order valence-corrected chi connectivity index (χ3v) is 4.90. The predicted octanol–water partition coefficient (Wildman–Crippen LogP) is 3.66. The van der Waals surface area contributed by atoms with Crippen molar-refractivity contribution in [3.8, 4) is 0 Å². The molecule has 17 heavy (non-hydrogen) atoms. The molecule has 0 amide bonds. The lowest BCUT2D eigenvalue weighted by molar-refractivity contribution is -0.140. The van der Waals surface area contributed by atoms with E-state index in [9.17, 15) is 4.79 Å². The summed E-state index contributed by atoms with van der Waals surface area (Å²) in [5, 5.41) is 0. The Balaban J connectivity index is 2.38. The molecule has 1 aliphatic carbocycles. The van der Waals surface area contributed by atoms with E-state index in [0.717, 1.165) is 17.6 Å². The van der Waals surface area contributed by atoms with Crippen molar-refractivity contribution in [3.05, 3.63) is 12.2 Å². The maximum Gasteiger partial charge on any atom is 0.306 e. The number of carbonyl (C=O) groups excluding carboxylic acids is 1.